The van der Waals surface area contributed by atoms with Crippen molar-refractivity contribution in [1.82, 2.24) is 4.98 Å². The Labute approximate surface area is 126 Å². The molecule has 0 fully saturated rings. The average Bonchev–Trinajstić information content (AvgIpc) is 2.53. The summed E-state index contributed by atoms with van der Waals surface area (Å²) < 4.78 is 12.9. The van der Waals surface area contributed by atoms with E-state index in [0.717, 1.165) is 16.3 Å². The van der Waals surface area contributed by atoms with Gasteiger partial charge in [-0.2, -0.15) is 0 Å². The summed E-state index contributed by atoms with van der Waals surface area (Å²) >= 11 is 0. The van der Waals surface area contributed by atoms with E-state index >= 15 is 0 Å². The van der Waals surface area contributed by atoms with Gasteiger partial charge < -0.3 is 11.1 Å². The van der Waals surface area contributed by atoms with Gasteiger partial charge in [0.2, 0.25) is 0 Å². The fourth-order valence-electron chi connectivity index (χ4n) is 2.39. The molecule has 1 amide bonds. The zero-order chi connectivity index (χ0) is 15.7. The Balaban J connectivity index is 2.04. The molecule has 22 heavy (non-hydrogen) atoms. The van der Waals surface area contributed by atoms with Crippen molar-refractivity contribution in [2.24, 2.45) is 0 Å². The minimum absolute atomic E-state index is 0.298. The van der Waals surface area contributed by atoms with E-state index in [0.29, 0.717) is 17.1 Å². The second-order valence-electron chi connectivity index (χ2n) is 5.01. The molecule has 0 saturated heterocycles. The highest BCUT2D eigenvalue weighted by Gasteiger charge is 2.15. The monoisotopic (exact) mass is 295 g/mol. The van der Waals surface area contributed by atoms with Crippen LogP contribution < -0.4 is 11.1 Å². The van der Waals surface area contributed by atoms with Crippen molar-refractivity contribution >= 4 is 28.1 Å². The van der Waals surface area contributed by atoms with Crippen molar-refractivity contribution in [1.29, 1.82) is 0 Å². The highest BCUT2D eigenvalue weighted by molar-refractivity contribution is 6.13. The number of nitrogens with zero attached hydrogens (tertiary/aromatic N) is 1. The third-order valence-electron chi connectivity index (χ3n) is 3.49. The van der Waals surface area contributed by atoms with Gasteiger partial charge in [0.25, 0.3) is 5.91 Å². The molecule has 2 aromatic carbocycles. The molecule has 5 heteroatoms. The molecule has 0 radical (unpaired) electrons. The first-order valence-corrected chi connectivity index (χ1v) is 6.77. The molecule has 3 rings (SSSR count). The number of amides is 1. The number of nitrogens with one attached hydrogen (secondary N) is 1. The number of fused-ring (bicyclic) bond motifs is 1. The summed E-state index contributed by atoms with van der Waals surface area (Å²) in [7, 11) is 0. The number of halogens is 1. The number of carbonyl (C=O) groups excluding carboxylic acids is 1. The fraction of sp³-hybridized carbons (Fsp3) is 0.0588. The Kier molecular flexibility index (Phi) is 3.47. The van der Waals surface area contributed by atoms with Crippen LogP contribution in [0.5, 0.6) is 0 Å². The Morgan fingerprint density at radius 3 is 2.59 bits per heavy atom. The average molecular weight is 295 g/mol. The minimum atomic E-state index is -0.357. The maximum absolute atomic E-state index is 12.9. The fourth-order valence-corrected chi connectivity index (χ4v) is 2.39. The van der Waals surface area contributed by atoms with E-state index in [4.69, 9.17) is 5.73 Å². The van der Waals surface area contributed by atoms with Gasteiger partial charge in [0, 0.05) is 28.3 Å². The van der Waals surface area contributed by atoms with E-state index in [1.807, 2.05) is 13.0 Å². The van der Waals surface area contributed by atoms with Crippen LogP contribution in [-0.2, 0) is 0 Å². The molecule has 0 unspecified atom stereocenters. The standard InChI is InChI=1S/C17H14FN3O/c1-10-2-7-14(19)13-8-9-20-16(15(10)13)17(22)21-12-5-3-11(18)4-6-12/h2-9H,19H2,1H3,(H,21,22). The van der Waals surface area contributed by atoms with Crippen LogP contribution in [0.2, 0.25) is 0 Å². The van der Waals surface area contributed by atoms with Crippen LogP contribution in [0.25, 0.3) is 10.8 Å². The number of pyridine rings is 1. The summed E-state index contributed by atoms with van der Waals surface area (Å²) in [5, 5.41) is 4.23. The summed E-state index contributed by atoms with van der Waals surface area (Å²) in [4.78, 5) is 16.6. The molecule has 1 heterocycles. The molecule has 110 valence electrons. The molecule has 0 saturated carbocycles. The van der Waals surface area contributed by atoms with Crippen molar-refractivity contribution in [3.05, 3.63) is 65.7 Å². The molecular formula is C17H14FN3O. The van der Waals surface area contributed by atoms with Crippen LogP contribution in [0.15, 0.2) is 48.7 Å². The molecule has 0 spiro atoms. The van der Waals surface area contributed by atoms with E-state index in [1.54, 1.807) is 18.3 Å². The number of anilines is 2. The predicted molar refractivity (Wildman–Crippen MR) is 85.2 cm³/mol. The van der Waals surface area contributed by atoms with Gasteiger partial charge in [-0.3, -0.25) is 9.78 Å². The van der Waals surface area contributed by atoms with E-state index < -0.39 is 0 Å². The number of nitrogens with two attached hydrogens (primary N) is 1. The number of benzene rings is 2. The van der Waals surface area contributed by atoms with Crippen LogP contribution in [0.4, 0.5) is 15.8 Å². The van der Waals surface area contributed by atoms with Crippen LogP contribution in [0.1, 0.15) is 16.1 Å². The third-order valence-corrected chi connectivity index (χ3v) is 3.49. The number of carbonyl (C=O) groups is 1. The zero-order valence-electron chi connectivity index (χ0n) is 11.9. The highest BCUT2D eigenvalue weighted by Crippen LogP contribution is 2.26. The van der Waals surface area contributed by atoms with Gasteiger partial charge in [-0.05, 0) is 48.9 Å². The number of aromatic nitrogens is 1. The van der Waals surface area contributed by atoms with Crippen LogP contribution in [0.3, 0.4) is 0 Å². The second-order valence-corrected chi connectivity index (χ2v) is 5.01. The summed E-state index contributed by atoms with van der Waals surface area (Å²) in [6.45, 7) is 1.90. The first kappa shape index (κ1) is 14.0. The molecule has 4 nitrogen and oxygen atoms in total. The minimum Gasteiger partial charge on any atom is -0.398 e. The molecule has 3 aromatic rings. The van der Waals surface area contributed by atoms with E-state index in [-0.39, 0.29) is 11.7 Å². The van der Waals surface area contributed by atoms with Crippen molar-refractivity contribution in [2.75, 3.05) is 11.1 Å². The SMILES string of the molecule is Cc1ccc(N)c2ccnc(C(=O)Nc3ccc(F)cc3)c12. The molecule has 0 aliphatic heterocycles. The lowest BCUT2D eigenvalue weighted by molar-refractivity contribution is 0.102. The number of rotatable bonds is 2. The number of nitrogen functional groups attached to an aromatic ring is 1. The quantitative estimate of drug-likeness (QED) is 0.711. The van der Waals surface area contributed by atoms with Gasteiger partial charge in [-0.1, -0.05) is 6.07 Å². The van der Waals surface area contributed by atoms with Crippen molar-refractivity contribution in [3.63, 3.8) is 0 Å². The Morgan fingerprint density at radius 2 is 1.86 bits per heavy atom. The third kappa shape index (κ3) is 2.48. The largest absolute Gasteiger partial charge is 0.398 e. The summed E-state index contributed by atoms with van der Waals surface area (Å²) in [5.41, 5.74) is 8.28. The van der Waals surface area contributed by atoms with Gasteiger partial charge in [-0.15, -0.1) is 0 Å². The maximum atomic E-state index is 12.9. The summed E-state index contributed by atoms with van der Waals surface area (Å²) in [6, 6.07) is 11.0. The van der Waals surface area contributed by atoms with E-state index in [2.05, 4.69) is 10.3 Å². The molecule has 0 aliphatic rings. The molecule has 0 atom stereocenters. The van der Waals surface area contributed by atoms with Crippen molar-refractivity contribution in [3.8, 4) is 0 Å². The topological polar surface area (TPSA) is 68.0 Å². The molecular weight excluding hydrogens is 281 g/mol. The molecule has 1 aromatic heterocycles. The molecule has 0 aliphatic carbocycles. The Hall–Kier alpha value is -2.95. The van der Waals surface area contributed by atoms with Gasteiger partial charge in [0.15, 0.2) is 0 Å². The maximum Gasteiger partial charge on any atom is 0.274 e. The molecule has 0 bridgehead atoms. The molecule has 3 N–H and O–H groups in total. The lowest BCUT2D eigenvalue weighted by Gasteiger charge is -2.10. The van der Waals surface area contributed by atoms with Gasteiger partial charge in [0.1, 0.15) is 11.5 Å². The normalized spacial score (nSPS) is 10.6. The van der Waals surface area contributed by atoms with Crippen LogP contribution in [-0.4, -0.2) is 10.9 Å². The predicted octanol–water partition coefficient (Wildman–Crippen LogP) is 3.52. The lowest BCUT2D eigenvalue weighted by Crippen LogP contribution is -2.14. The van der Waals surface area contributed by atoms with Gasteiger partial charge in [0.05, 0.1) is 0 Å². The van der Waals surface area contributed by atoms with Gasteiger partial charge in [-0.25, -0.2) is 4.39 Å². The Bertz CT molecular complexity index is 860. The smallest absolute Gasteiger partial charge is 0.274 e. The van der Waals surface area contributed by atoms with E-state index in [9.17, 15) is 9.18 Å². The van der Waals surface area contributed by atoms with Crippen LogP contribution >= 0.6 is 0 Å². The second kappa shape index (κ2) is 5.44. The summed E-state index contributed by atoms with van der Waals surface area (Å²) in [5.74, 6) is -0.712. The van der Waals surface area contributed by atoms with E-state index in [1.165, 1.54) is 24.3 Å². The first-order valence-electron chi connectivity index (χ1n) is 6.77. The number of hydrogen-bond donors (Lipinski definition) is 2. The van der Waals surface area contributed by atoms with Crippen molar-refractivity contribution in [2.45, 2.75) is 6.92 Å². The summed E-state index contributed by atoms with van der Waals surface area (Å²) in [6.07, 6.45) is 1.55. The number of aryl methyl sites for hydroxylation is 1. The lowest BCUT2D eigenvalue weighted by atomic mass is 10.0. The number of hydrogen-bond acceptors (Lipinski definition) is 3. The Morgan fingerprint density at radius 1 is 1.14 bits per heavy atom. The van der Waals surface area contributed by atoms with Crippen LogP contribution in [0, 0.1) is 12.7 Å². The first-order chi connectivity index (χ1) is 10.6. The van der Waals surface area contributed by atoms with Crippen molar-refractivity contribution < 1.29 is 9.18 Å². The zero-order valence-corrected chi connectivity index (χ0v) is 11.9. The van der Waals surface area contributed by atoms with Gasteiger partial charge >= 0.3 is 0 Å². The highest BCUT2D eigenvalue weighted by atomic mass is 19.1.